The van der Waals surface area contributed by atoms with Gasteiger partial charge in [-0.25, -0.2) is 0 Å². The van der Waals surface area contributed by atoms with Crippen LogP contribution in [-0.2, 0) is 4.74 Å². The fraction of sp³-hybridized carbons (Fsp3) is 1.00. The molecule has 0 aromatic heterocycles. The minimum Gasteiger partial charge on any atom is -0.377 e. The molecule has 3 nitrogen and oxygen atoms in total. The second-order valence-corrected chi connectivity index (χ2v) is 5.61. The van der Waals surface area contributed by atoms with Gasteiger partial charge in [-0.05, 0) is 45.1 Å². The van der Waals surface area contributed by atoms with E-state index in [1.54, 1.807) is 0 Å². The lowest BCUT2D eigenvalue weighted by Gasteiger charge is -2.24. The largest absolute Gasteiger partial charge is 0.377 e. The van der Waals surface area contributed by atoms with Crippen molar-refractivity contribution in [2.24, 2.45) is 5.92 Å². The van der Waals surface area contributed by atoms with Crippen molar-refractivity contribution in [1.82, 2.24) is 10.2 Å². The third kappa shape index (κ3) is 4.57. The van der Waals surface area contributed by atoms with Crippen LogP contribution < -0.4 is 5.32 Å². The lowest BCUT2D eigenvalue weighted by molar-refractivity contribution is 0.0749. The van der Waals surface area contributed by atoms with E-state index < -0.39 is 0 Å². The molecule has 1 aliphatic carbocycles. The summed E-state index contributed by atoms with van der Waals surface area (Å²) in [6, 6.07) is 0.719. The summed E-state index contributed by atoms with van der Waals surface area (Å²) in [7, 11) is 0. The van der Waals surface area contributed by atoms with Crippen LogP contribution in [0.1, 0.15) is 39.5 Å². The maximum absolute atomic E-state index is 5.70. The number of hydrogen-bond donors (Lipinski definition) is 1. The van der Waals surface area contributed by atoms with Crippen LogP contribution in [0.5, 0.6) is 0 Å². The van der Waals surface area contributed by atoms with Crippen molar-refractivity contribution in [2.45, 2.75) is 51.7 Å². The zero-order chi connectivity index (χ0) is 12.1. The van der Waals surface area contributed by atoms with Crippen LogP contribution in [0.2, 0.25) is 0 Å². The molecule has 0 spiro atoms. The minimum atomic E-state index is 0.496. The highest BCUT2D eigenvalue weighted by Gasteiger charge is 2.27. The van der Waals surface area contributed by atoms with Crippen molar-refractivity contribution >= 4 is 0 Å². The van der Waals surface area contributed by atoms with E-state index in [2.05, 4.69) is 24.1 Å². The normalized spacial score (nSPS) is 26.6. The molecule has 2 aliphatic rings. The zero-order valence-electron chi connectivity index (χ0n) is 11.5. The lowest BCUT2D eigenvalue weighted by Crippen LogP contribution is -2.39. The third-order valence-electron chi connectivity index (χ3n) is 4.16. The standard InChI is InChI=1S/C14H28N2O/c1-3-16(11-14-5-4-10-17-14)9-8-15-12(2)13-6-7-13/h12-15H,3-11H2,1-2H3. The maximum atomic E-state index is 5.70. The number of ether oxygens (including phenoxy) is 1. The fourth-order valence-corrected chi connectivity index (χ4v) is 2.67. The average Bonchev–Trinajstić information content (AvgIpc) is 3.07. The number of hydrogen-bond acceptors (Lipinski definition) is 3. The summed E-state index contributed by atoms with van der Waals surface area (Å²) < 4.78 is 5.70. The average molecular weight is 240 g/mol. The zero-order valence-corrected chi connectivity index (χ0v) is 11.5. The molecule has 2 fully saturated rings. The highest BCUT2D eigenvalue weighted by molar-refractivity contribution is 4.83. The molecule has 100 valence electrons. The van der Waals surface area contributed by atoms with Crippen LogP contribution in [0.15, 0.2) is 0 Å². The number of nitrogens with one attached hydrogen (secondary N) is 1. The molecule has 1 N–H and O–H groups in total. The molecule has 0 aromatic rings. The Morgan fingerprint density at radius 3 is 2.76 bits per heavy atom. The molecule has 2 rings (SSSR count). The highest BCUT2D eigenvalue weighted by Crippen LogP contribution is 2.32. The van der Waals surface area contributed by atoms with Crippen molar-refractivity contribution in [1.29, 1.82) is 0 Å². The first kappa shape index (κ1) is 13.3. The van der Waals surface area contributed by atoms with Crippen molar-refractivity contribution in [3.8, 4) is 0 Å². The van der Waals surface area contributed by atoms with E-state index in [0.717, 1.165) is 44.7 Å². The monoisotopic (exact) mass is 240 g/mol. The van der Waals surface area contributed by atoms with Crippen LogP contribution >= 0.6 is 0 Å². The van der Waals surface area contributed by atoms with Gasteiger partial charge in [0.2, 0.25) is 0 Å². The Bertz CT molecular complexity index is 212. The predicted octanol–water partition coefficient (Wildman–Crippen LogP) is 1.88. The van der Waals surface area contributed by atoms with Crippen LogP contribution in [0.4, 0.5) is 0 Å². The van der Waals surface area contributed by atoms with Gasteiger partial charge in [-0.3, -0.25) is 4.90 Å². The van der Waals surface area contributed by atoms with Crippen molar-refractivity contribution < 1.29 is 4.74 Å². The maximum Gasteiger partial charge on any atom is 0.0702 e. The van der Waals surface area contributed by atoms with E-state index in [9.17, 15) is 0 Å². The van der Waals surface area contributed by atoms with Crippen LogP contribution in [0, 0.1) is 5.92 Å². The van der Waals surface area contributed by atoms with E-state index in [1.807, 2.05) is 0 Å². The van der Waals surface area contributed by atoms with E-state index in [4.69, 9.17) is 4.74 Å². The van der Waals surface area contributed by atoms with E-state index in [1.165, 1.54) is 25.7 Å². The van der Waals surface area contributed by atoms with Gasteiger partial charge >= 0.3 is 0 Å². The van der Waals surface area contributed by atoms with E-state index in [0.29, 0.717) is 6.10 Å². The van der Waals surface area contributed by atoms with Gasteiger partial charge in [0.25, 0.3) is 0 Å². The second kappa shape index (κ2) is 6.72. The van der Waals surface area contributed by atoms with Gasteiger partial charge in [0.15, 0.2) is 0 Å². The van der Waals surface area contributed by atoms with Gasteiger partial charge in [0.1, 0.15) is 0 Å². The van der Waals surface area contributed by atoms with Gasteiger partial charge in [-0.15, -0.1) is 0 Å². The Morgan fingerprint density at radius 2 is 2.18 bits per heavy atom. The smallest absolute Gasteiger partial charge is 0.0702 e. The summed E-state index contributed by atoms with van der Waals surface area (Å²) in [5, 5.41) is 3.65. The molecule has 1 aliphatic heterocycles. The molecule has 0 bridgehead atoms. The van der Waals surface area contributed by atoms with Gasteiger partial charge in [-0.1, -0.05) is 6.92 Å². The molecule has 17 heavy (non-hydrogen) atoms. The van der Waals surface area contributed by atoms with Crippen molar-refractivity contribution in [2.75, 3.05) is 32.8 Å². The molecule has 1 saturated heterocycles. The Morgan fingerprint density at radius 1 is 1.35 bits per heavy atom. The topological polar surface area (TPSA) is 24.5 Å². The molecular formula is C14H28N2O. The molecular weight excluding hydrogens is 212 g/mol. The summed E-state index contributed by atoms with van der Waals surface area (Å²) in [5.41, 5.74) is 0. The van der Waals surface area contributed by atoms with Gasteiger partial charge in [0, 0.05) is 32.3 Å². The Kier molecular flexibility index (Phi) is 5.26. The molecule has 0 radical (unpaired) electrons. The first-order valence-corrected chi connectivity index (χ1v) is 7.37. The summed E-state index contributed by atoms with van der Waals surface area (Å²) in [4.78, 5) is 2.52. The van der Waals surface area contributed by atoms with Gasteiger partial charge in [0.05, 0.1) is 6.10 Å². The van der Waals surface area contributed by atoms with Crippen LogP contribution in [0.25, 0.3) is 0 Å². The summed E-state index contributed by atoms with van der Waals surface area (Å²) in [6.45, 7) is 10.1. The third-order valence-corrected chi connectivity index (χ3v) is 4.16. The van der Waals surface area contributed by atoms with Crippen molar-refractivity contribution in [3.05, 3.63) is 0 Å². The molecule has 0 amide bonds. The molecule has 1 saturated carbocycles. The second-order valence-electron chi connectivity index (χ2n) is 5.61. The Balaban J connectivity index is 1.57. The van der Waals surface area contributed by atoms with E-state index in [-0.39, 0.29) is 0 Å². The van der Waals surface area contributed by atoms with Crippen LogP contribution in [-0.4, -0.2) is 49.8 Å². The summed E-state index contributed by atoms with van der Waals surface area (Å²) in [5.74, 6) is 0.961. The minimum absolute atomic E-state index is 0.496. The highest BCUT2D eigenvalue weighted by atomic mass is 16.5. The van der Waals surface area contributed by atoms with Crippen LogP contribution in [0.3, 0.4) is 0 Å². The lowest BCUT2D eigenvalue weighted by atomic mass is 10.2. The number of likely N-dealkylation sites (N-methyl/N-ethyl adjacent to an activating group) is 1. The molecule has 1 heterocycles. The molecule has 2 unspecified atom stereocenters. The number of nitrogens with zero attached hydrogens (tertiary/aromatic N) is 1. The Labute approximate surface area is 106 Å². The first-order chi connectivity index (χ1) is 8.29. The summed E-state index contributed by atoms with van der Waals surface area (Å²) >= 11 is 0. The molecule has 0 aromatic carbocycles. The quantitative estimate of drug-likeness (QED) is 0.701. The van der Waals surface area contributed by atoms with Gasteiger partial charge in [-0.2, -0.15) is 0 Å². The molecule has 3 heteroatoms. The van der Waals surface area contributed by atoms with Crippen molar-refractivity contribution in [3.63, 3.8) is 0 Å². The predicted molar refractivity (Wildman–Crippen MR) is 71.3 cm³/mol. The molecule has 2 atom stereocenters. The fourth-order valence-electron chi connectivity index (χ4n) is 2.67. The Hall–Kier alpha value is -0.120. The van der Waals surface area contributed by atoms with Gasteiger partial charge < -0.3 is 10.1 Å². The SMILES string of the molecule is CCN(CCNC(C)C1CC1)CC1CCCO1. The summed E-state index contributed by atoms with van der Waals surface area (Å²) in [6.07, 6.45) is 5.86. The first-order valence-electron chi connectivity index (χ1n) is 7.37. The van der Waals surface area contributed by atoms with E-state index >= 15 is 0 Å². The number of rotatable bonds is 8.